The van der Waals surface area contributed by atoms with Gasteiger partial charge in [-0.25, -0.2) is 0 Å². The minimum Gasteiger partial charge on any atom is -0.334 e. The number of nitrogens with zero attached hydrogens (tertiary/aromatic N) is 4. The van der Waals surface area contributed by atoms with Crippen molar-refractivity contribution in [3.8, 4) is 0 Å². The van der Waals surface area contributed by atoms with Crippen LogP contribution in [0.2, 0.25) is 0 Å². The van der Waals surface area contributed by atoms with Crippen LogP contribution in [0.25, 0.3) is 10.9 Å². The molecule has 3 heterocycles. The first kappa shape index (κ1) is 15.6. The van der Waals surface area contributed by atoms with Crippen LogP contribution in [0.3, 0.4) is 0 Å². The number of para-hydroxylation sites is 1. The third-order valence-corrected chi connectivity index (χ3v) is 5.56. The Bertz CT molecular complexity index is 946. The highest BCUT2D eigenvalue weighted by atomic mass is 16.2. The van der Waals surface area contributed by atoms with Crippen LogP contribution in [0, 0.1) is 0 Å². The van der Waals surface area contributed by atoms with Crippen LogP contribution in [0.1, 0.15) is 47.7 Å². The lowest BCUT2D eigenvalue weighted by Crippen LogP contribution is -2.38. The Kier molecular flexibility index (Phi) is 3.73. The lowest BCUT2D eigenvalue weighted by Gasteiger charge is -2.25. The van der Waals surface area contributed by atoms with E-state index >= 15 is 0 Å². The highest BCUT2D eigenvalue weighted by Gasteiger charge is 2.32. The predicted octanol–water partition coefficient (Wildman–Crippen LogP) is 3.61. The topological polar surface area (TPSA) is 51.0 Å². The maximum Gasteiger partial charge on any atom is 0.254 e. The number of hydrogen-bond acceptors (Lipinski definition) is 3. The Morgan fingerprint density at radius 2 is 2.04 bits per heavy atom. The van der Waals surface area contributed by atoms with Crippen LogP contribution >= 0.6 is 0 Å². The van der Waals surface area contributed by atoms with Gasteiger partial charge in [-0.3, -0.25) is 14.5 Å². The maximum absolute atomic E-state index is 13.5. The van der Waals surface area contributed by atoms with Gasteiger partial charge in [-0.15, -0.1) is 0 Å². The number of pyridine rings is 1. The van der Waals surface area contributed by atoms with Crippen molar-refractivity contribution in [1.82, 2.24) is 19.7 Å². The van der Waals surface area contributed by atoms with Crippen molar-refractivity contribution in [2.24, 2.45) is 0 Å². The van der Waals surface area contributed by atoms with Gasteiger partial charge in [-0.05, 0) is 43.9 Å². The van der Waals surface area contributed by atoms with Crippen LogP contribution in [0.5, 0.6) is 0 Å². The van der Waals surface area contributed by atoms with Gasteiger partial charge >= 0.3 is 0 Å². The van der Waals surface area contributed by atoms with Crippen molar-refractivity contribution in [2.45, 2.75) is 44.2 Å². The molecule has 5 rings (SSSR count). The summed E-state index contributed by atoms with van der Waals surface area (Å²) >= 11 is 0. The van der Waals surface area contributed by atoms with E-state index in [1.807, 2.05) is 52.2 Å². The van der Waals surface area contributed by atoms with Crippen molar-refractivity contribution in [1.29, 1.82) is 0 Å². The number of benzene rings is 1. The highest BCUT2D eigenvalue weighted by Crippen LogP contribution is 2.40. The molecule has 0 radical (unpaired) electrons. The van der Waals surface area contributed by atoms with Crippen molar-refractivity contribution < 1.29 is 4.79 Å². The number of fused-ring (bicyclic) bond motifs is 1. The standard InChI is InChI=1S/C21H22N4O/c26-21(25-12-3-5-16(25)14-24-11-4-10-22-24)18-13-20(15-8-9-15)23-19-7-2-1-6-17(18)19/h1-2,4,6-7,10-11,13,15-16H,3,5,8-9,12,14H2. The van der Waals surface area contributed by atoms with Crippen LogP contribution in [0.4, 0.5) is 0 Å². The monoisotopic (exact) mass is 346 g/mol. The van der Waals surface area contributed by atoms with Gasteiger partial charge in [0.1, 0.15) is 0 Å². The zero-order chi connectivity index (χ0) is 17.5. The van der Waals surface area contributed by atoms with E-state index in [-0.39, 0.29) is 11.9 Å². The molecule has 0 N–H and O–H groups in total. The molecule has 2 aromatic heterocycles. The molecule has 1 aliphatic heterocycles. The normalized spacial score (nSPS) is 20.0. The second-order valence-corrected chi connectivity index (χ2v) is 7.41. The van der Waals surface area contributed by atoms with Crippen molar-refractivity contribution in [2.75, 3.05) is 6.54 Å². The fourth-order valence-corrected chi connectivity index (χ4v) is 4.03. The molecule has 0 bridgehead atoms. The van der Waals surface area contributed by atoms with Crippen molar-refractivity contribution in [3.05, 3.63) is 60.0 Å². The molecule has 1 saturated heterocycles. The minimum atomic E-state index is 0.139. The summed E-state index contributed by atoms with van der Waals surface area (Å²) in [5.41, 5.74) is 2.82. The smallest absolute Gasteiger partial charge is 0.254 e. The van der Waals surface area contributed by atoms with Crippen LogP contribution in [-0.4, -0.2) is 38.2 Å². The zero-order valence-corrected chi connectivity index (χ0v) is 14.7. The third kappa shape index (κ3) is 2.77. The fourth-order valence-electron chi connectivity index (χ4n) is 4.03. The summed E-state index contributed by atoms with van der Waals surface area (Å²) in [5, 5.41) is 5.27. The maximum atomic E-state index is 13.5. The molecule has 5 heteroatoms. The third-order valence-electron chi connectivity index (χ3n) is 5.56. The van der Waals surface area contributed by atoms with Gasteiger partial charge in [0.15, 0.2) is 0 Å². The molecule has 2 fully saturated rings. The summed E-state index contributed by atoms with van der Waals surface area (Å²) in [6, 6.07) is 12.2. The van der Waals surface area contributed by atoms with E-state index < -0.39 is 0 Å². The van der Waals surface area contributed by atoms with E-state index in [9.17, 15) is 4.79 Å². The van der Waals surface area contributed by atoms with Gasteiger partial charge in [-0.1, -0.05) is 18.2 Å². The predicted molar refractivity (Wildman–Crippen MR) is 100 cm³/mol. The van der Waals surface area contributed by atoms with Gasteiger partial charge in [0.2, 0.25) is 0 Å². The van der Waals surface area contributed by atoms with Crippen molar-refractivity contribution in [3.63, 3.8) is 0 Å². The van der Waals surface area contributed by atoms with E-state index in [4.69, 9.17) is 4.98 Å². The first-order valence-corrected chi connectivity index (χ1v) is 9.48. The number of carbonyl (C=O) groups is 1. The number of aromatic nitrogens is 3. The molecule has 1 aromatic carbocycles. The number of amides is 1. The molecular weight excluding hydrogens is 324 g/mol. The van der Waals surface area contributed by atoms with E-state index in [1.165, 1.54) is 12.8 Å². The first-order valence-electron chi connectivity index (χ1n) is 9.48. The number of hydrogen-bond donors (Lipinski definition) is 0. The molecule has 1 amide bonds. The Balaban J connectivity index is 1.51. The SMILES string of the molecule is O=C(c1cc(C2CC2)nc2ccccc12)N1CCCC1Cn1cccn1. The van der Waals surface area contributed by atoms with Gasteiger partial charge in [0.25, 0.3) is 5.91 Å². The number of rotatable bonds is 4. The number of likely N-dealkylation sites (tertiary alicyclic amines) is 1. The molecule has 1 atom stereocenters. The van der Waals surface area contributed by atoms with E-state index in [0.717, 1.165) is 48.1 Å². The van der Waals surface area contributed by atoms with E-state index in [2.05, 4.69) is 5.10 Å². The van der Waals surface area contributed by atoms with E-state index in [1.54, 1.807) is 6.20 Å². The fraction of sp³-hybridized carbons (Fsp3) is 0.381. The molecular formula is C21H22N4O. The van der Waals surface area contributed by atoms with Crippen LogP contribution in [-0.2, 0) is 6.54 Å². The Morgan fingerprint density at radius 3 is 2.85 bits per heavy atom. The lowest BCUT2D eigenvalue weighted by atomic mass is 10.0. The van der Waals surface area contributed by atoms with Gasteiger partial charge in [0, 0.05) is 35.9 Å². The highest BCUT2D eigenvalue weighted by molar-refractivity contribution is 6.06. The molecule has 1 aliphatic carbocycles. The quantitative estimate of drug-likeness (QED) is 0.725. The zero-order valence-electron chi connectivity index (χ0n) is 14.7. The lowest BCUT2D eigenvalue weighted by molar-refractivity contribution is 0.0723. The molecule has 5 nitrogen and oxygen atoms in total. The van der Waals surface area contributed by atoms with Gasteiger partial charge in [-0.2, -0.15) is 5.10 Å². The molecule has 2 aliphatic rings. The van der Waals surface area contributed by atoms with Crippen molar-refractivity contribution >= 4 is 16.8 Å². The summed E-state index contributed by atoms with van der Waals surface area (Å²) in [4.78, 5) is 20.3. The van der Waals surface area contributed by atoms with E-state index in [0.29, 0.717) is 5.92 Å². The second kappa shape index (κ2) is 6.24. The van der Waals surface area contributed by atoms with Gasteiger partial charge < -0.3 is 4.90 Å². The Morgan fingerprint density at radius 1 is 1.15 bits per heavy atom. The summed E-state index contributed by atoms with van der Waals surface area (Å²) in [5.74, 6) is 0.671. The average Bonchev–Trinajstić information content (AvgIpc) is 3.21. The summed E-state index contributed by atoms with van der Waals surface area (Å²) in [7, 11) is 0. The van der Waals surface area contributed by atoms with Crippen LogP contribution in [0.15, 0.2) is 48.8 Å². The first-order chi connectivity index (χ1) is 12.8. The van der Waals surface area contributed by atoms with Crippen LogP contribution < -0.4 is 0 Å². The number of carbonyl (C=O) groups excluding carboxylic acids is 1. The molecule has 1 saturated carbocycles. The van der Waals surface area contributed by atoms with Gasteiger partial charge in [0.05, 0.1) is 23.7 Å². The summed E-state index contributed by atoms with van der Waals surface area (Å²) < 4.78 is 1.93. The Hall–Kier alpha value is -2.69. The molecule has 132 valence electrons. The second-order valence-electron chi connectivity index (χ2n) is 7.41. The summed E-state index contributed by atoms with van der Waals surface area (Å²) in [6.07, 6.45) is 8.21. The summed E-state index contributed by atoms with van der Waals surface area (Å²) in [6.45, 7) is 1.58. The minimum absolute atomic E-state index is 0.139. The largest absolute Gasteiger partial charge is 0.334 e. The molecule has 26 heavy (non-hydrogen) atoms. The Labute approximate surface area is 152 Å². The average molecular weight is 346 g/mol. The molecule has 3 aromatic rings. The molecule has 0 spiro atoms. The molecule has 1 unspecified atom stereocenters.